The number of benzene rings is 1. The number of nitrogens with two attached hydrogens (primary N) is 1. The van der Waals surface area contributed by atoms with Crippen LogP contribution in [-0.2, 0) is 0 Å². The van der Waals surface area contributed by atoms with Gasteiger partial charge in [0.25, 0.3) is 0 Å². The van der Waals surface area contributed by atoms with E-state index in [0.29, 0.717) is 17.9 Å². The largest absolute Gasteiger partial charge is 0.493 e. The lowest BCUT2D eigenvalue weighted by molar-refractivity contribution is 0.277. The van der Waals surface area contributed by atoms with Crippen molar-refractivity contribution in [3.05, 3.63) is 53.0 Å². The summed E-state index contributed by atoms with van der Waals surface area (Å²) >= 11 is 6.10. The molecule has 1 atom stereocenters. The topological polar surface area (TPSA) is 38.5 Å². The van der Waals surface area contributed by atoms with Crippen LogP contribution in [0.3, 0.4) is 0 Å². The summed E-state index contributed by atoms with van der Waals surface area (Å²) in [6, 6.07) is 4.18. The Morgan fingerprint density at radius 2 is 2.29 bits per heavy atom. The quantitative estimate of drug-likeness (QED) is 0.645. The minimum absolute atomic E-state index is 0.264. The molecule has 0 aromatic heterocycles. The highest BCUT2D eigenvalue weighted by molar-refractivity contribution is 6.29. The molecule has 2 rings (SSSR count). The molecule has 1 aliphatic heterocycles. The van der Waals surface area contributed by atoms with Crippen molar-refractivity contribution in [1.29, 1.82) is 0 Å². The molecule has 3 nitrogen and oxygen atoms in total. The van der Waals surface area contributed by atoms with Gasteiger partial charge in [0.2, 0.25) is 0 Å². The van der Waals surface area contributed by atoms with Crippen molar-refractivity contribution in [3.8, 4) is 5.75 Å². The monoisotopic (exact) mass is 310 g/mol. The molecule has 114 valence electrons. The second-order valence-corrected chi connectivity index (χ2v) is 5.42. The number of halogens is 2. The Morgan fingerprint density at radius 3 is 3.00 bits per heavy atom. The summed E-state index contributed by atoms with van der Waals surface area (Å²) in [5.74, 6) is 0.346. The number of rotatable bonds is 6. The first-order valence-electron chi connectivity index (χ1n) is 7.03. The molecule has 1 aromatic rings. The second-order valence-electron chi connectivity index (χ2n) is 5.04. The zero-order valence-corrected chi connectivity index (χ0v) is 12.8. The molecule has 0 saturated carbocycles. The third-order valence-electron chi connectivity index (χ3n) is 3.29. The molecule has 1 aromatic carbocycles. The Bertz CT molecular complexity index is 543. The minimum Gasteiger partial charge on any atom is -0.493 e. The highest BCUT2D eigenvalue weighted by Crippen LogP contribution is 2.25. The van der Waals surface area contributed by atoms with Gasteiger partial charge in [-0.2, -0.15) is 0 Å². The Morgan fingerprint density at radius 1 is 1.48 bits per heavy atom. The molecule has 0 radical (unpaired) electrons. The molecule has 5 heteroatoms. The van der Waals surface area contributed by atoms with Crippen molar-refractivity contribution in [1.82, 2.24) is 4.90 Å². The Balaban J connectivity index is 1.84. The average Bonchev–Trinajstić information content (AvgIpc) is 2.46. The van der Waals surface area contributed by atoms with Crippen LogP contribution in [0.15, 0.2) is 41.6 Å². The maximum atomic E-state index is 13.2. The van der Waals surface area contributed by atoms with Crippen LogP contribution in [0.5, 0.6) is 5.75 Å². The van der Waals surface area contributed by atoms with Gasteiger partial charge in [0, 0.05) is 24.7 Å². The van der Waals surface area contributed by atoms with E-state index in [-0.39, 0.29) is 11.9 Å². The molecule has 1 aliphatic rings. The van der Waals surface area contributed by atoms with Crippen molar-refractivity contribution in [2.75, 3.05) is 19.7 Å². The average molecular weight is 311 g/mol. The van der Waals surface area contributed by atoms with Crippen LogP contribution in [0.4, 0.5) is 4.39 Å². The fraction of sp³-hybridized carbons (Fsp3) is 0.375. The van der Waals surface area contributed by atoms with Crippen LogP contribution >= 0.6 is 11.6 Å². The number of hydrogen-bond donors (Lipinski definition) is 1. The van der Waals surface area contributed by atoms with E-state index in [2.05, 4.69) is 11.0 Å². The lowest BCUT2D eigenvalue weighted by atomic mass is 10.1. The molecule has 0 fully saturated rings. The molecule has 0 bridgehead atoms. The molecule has 21 heavy (non-hydrogen) atoms. The summed E-state index contributed by atoms with van der Waals surface area (Å²) in [6.07, 6.45) is 6.71. The fourth-order valence-corrected chi connectivity index (χ4v) is 2.40. The van der Waals surface area contributed by atoms with Gasteiger partial charge in [-0.25, -0.2) is 4.39 Å². The number of allylic oxidation sites excluding steroid dienone is 2. The van der Waals surface area contributed by atoms with E-state index < -0.39 is 0 Å². The minimum atomic E-state index is -0.299. The smallest absolute Gasteiger partial charge is 0.124 e. The van der Waals surface area contributed by atoms with Crippen LogP contribution in [0, 0.1) is 5.82 Å². The van der Waals surface area contributed by atoms with E-state index in [1.54, 1.807) is 6.07 Å². The highest BCUT2D eigenvalue weighted by atomic mass is 35.5. The first-order chi connectivity index (χ1) is 10.1. The van der Waals surface area contributed by atoms with Gasteiger partial charge in [-0.15, -0.1) is 0 Å². The third-order valence-corrected chi connectivity index (χ3v) is 3.66. The molecule has 0 spiro atoms. The van der Waals surface area contributed by atoms with E-state index in [0.717, 1.165) is 24.7 Å². The summed E-state index contributed by atoms with van der Waals surface area (Å²) in [4.78, 5) is 2.07. The van der Waals surface area contributed by atoms with Crippen molar-refractivity contribution in [3.63, 3.8) is 0 Å². The molecular formula is C16H20ClFN2O. The van der Waals surface area contributed by atoms with Crippen LogP contribution in [0.1, 0.15) is 24.9 Å². The number of hydrogen-bond acceptors (Lipinski definition) is 3. The Kier molecular flexibility index (Phi) is 5.65. The first-order valence-corrected chi connectivity index (χ1v) is 7.41. The summed E-state index contributed by atoms with van der Waals surface area (Å²) in [5, 5.41) is 0.746. The molecule has 2 N–H and O–H groups in total. The van der Waals surface area contributed by atoms with E-state index in [1.807, 2.05) is 19.1 Å². The van der Waals surface area contributed by atoms with Crippen LogP contribution < -0.4 is 10.5 Å². The maximum absolute atomic E-state index is 13.2. The predicted octanol–water partition coefficient (Wildman–Crippen LogP) is 3.57. The lowest BCUT2D eigenvalue weighted by Gasteiger charge is -2.24. The van der Waals surface area contributed by atoms with Crippen molar-refractivity contribution in [2.45, 2.75) is 19.4 Å². The van der Waals surface area contributed by atoms with Gasteiger partial charge in [-0.05, 0) is 37.6 Å². The maximum Gasteiger partial charge on any atom is 0.124 e. The van der Waals surface area contributed by atoms with E-state index >= 15 is 0 Å². The number of ether oxygens (including phenoxy) is 1. The summed E-state index contributed by atoms with van der Waals surface area (Å²) in [6.45, 7) is 3.98. The summed E-state index contributed by atoms with van der Waals surface area (Å²) in [5.41, 5.74) is 6.52. The van der Waals surface area contributed by atoms with Crippen molar-refractivity contribution >= 4 is 11.6 Å². The normalized spacial score (nSPS) is 15.8. The van der Waals surface area contributed by atoms with E-state index in [1.165, 1.54) is 12.1 Å². The van der Waals surface area contributed by atoms with Gasteiger partial charge in [0.1, 0.15) is 16.7 Å². The molecular weight excluding hydrogens is 291 g/mol. The lowest BCUT2D eigenvalue weighted by Crippen LogP contribution is -2.25. The van der Waals surface area contributed by atoms with Crippen LogP contribution in [0.2, 0.25) is 0 Å². The van der Waals surface area contributed by atoms with Gasteiger partial charge >= 0.3 is 0 Å². The van der Waals surface area contributed by atoms with E-state index in [9.17, 15) is 4.39 Å². The molecule has 1 unspecified atom stereocenters. The van der Waals surface area contributed by atoms with Crippen molar-refractivity contribution in [2.24, 2.45) is 5.73 Å². The SMILES string of the molecule is CC(N)c1cc(F)ccc1OCCCN1CC=CC=C1Cl. The molecule has 0 amide bonds. The number of nitrogens with zero attached hydrogens (tertiary/aromatic N) is 1. The summed E-state index contributed by atoms with van der Waals surface area (Å²) in [7, 11) is 0. The fourth-order valence-electron chi connectivity index (χ4n) is 2.17. The standard InChI is InChI=1S/C16H20ClFN2O/c1-12(19)14-11-13(18)6-7-15(14)21-10-4-9-20-8-3-2-5-16(20)17/h2-3,5-7,11-12H,4,8-10,19H2,1H3. The van der Waals surface area contributed by atoms with Crippen LogP contribution in [0.25, 0.3) is 0 Å². The molecule has 1 heterocycles. The van der Waals surface area contributed by atoms with Gasteiger partial charge < -0.3 is 15.4 Å². The Labute approximate surface area is 129 Å². The zero-order chi connectivity index (χ0) is 15.2. The van der Waals surface area contributed by atoms with Crippen molar-refractivity contribution < 1.29 is 9.13 Å². The predicted molar refractivity (Wildman–Crippen MR) is 83.8 cm³/mol. The third kappa shape index (κ3) is 4.48. The van der Waals surface area contributed by atoms with E-state index in [4.69, 9.17) is 22.1 Å². The van der Waals surface area contributed by atoms with Gasteiger partial charge in [-0.3, -0.25) is 0 Å². The molecule has 0 aliphatic carbocycles. The first kappa shape index (κ1) is 15.9. The Hall–Kier alpha value is -1.52. The summed E-state index contributed by atoms with van der Waals surface area (Å²) < 4.78 is 19.0. The van der Waals surface area contributed by atoms with Gasteiger partial charge in [0.15, 0.2) is 0 Å². The highest BCUT2D eigenvalue weighted by Gasteiger charge is 2.11. The van der Waals surface area contributed by atoms with Gasteiger partial charge in [0.05, 0.1) is 6.61 Å². The van der Waals surface area contributed by atoms with Crippen LogP contribution in [-0.4, -0.2) is 24.6 Å². The molecule has 0 saturated heterocycles. The second kappa shape index (κ2) is 7.48. The zero-order valence-electron chi connectivity index (χ0n) is 12.1. The van der Waals surface area contributed by atoms with Gasteiger partial charge in [-0.1, -0.05) is 23.8 Å².